The molecule has 0 unspecified atom stereocenters. The van der Waals surface area contributed by atoms with Crippen LogP contribution in [0.4, 0.5) is 10.1 Å². The number of halogens is 1. The van der Waals surface area contributed by atoms with Gasteiger partial charge in [-0.05, 0) is 48.4 Å². The highest BCUT2D eigenvalue weighted by Gasteiger charge is 2.29. The lowest BCUT2D eigenvalue weighted by molar-refractivity contribution is 0.0369. The van der Waals surface area contributed by atoms with E-state index in [1.807, 2.05) is 43.3 Å². The first-order valence-corrected chi connectivity index (χ1v) is 11.4. The van der Waals surface area contributed by atoms with Gasteiger partial charge in [-0.15, -0.1) is 0 Å². The van der Waals surface area contributed by atoms with E-state index in [1.54, 1.807) is 4.57 Å². The van der Waals surface area contributed by atoms with E-state index in [9.17, 15) is 19.4 Å². The fourth-order valence-corrected chi connectivity index (χ4v) is 4.27. The Balaban J connectivity index is 1.72. The van der Waals surface area contributed by atoms with Gasteiger partial charge >= 0.3 is 0 Å². The van der Waals surface area contributed by atoms with Gasteiger partial charge in [0.25, 0.3) is 0 Å². The molecule has 2 heterocycles. The van der Waals surface area contributed by atoms with Gasteiger partial charge in [0.1, 0.15) is 5.82 Å². The topological polar surface area (TPSA) is 78.2 Å². The fourth-order valence-electron chi connectivity index (χ4n) is 4.27. The van der Waals surface area contributed by atoms with E-state index in [0.717, 1.165) is 25.3 Å². The number of benzene rings is 2. The van der Waals surface area contributed by atoms with Crippen molar-refractivity contribution < 1.29 is 24.1 Å². The third-order valence-corrected chi connectivity index (χ3v) is 6.16. The van der Waals surface area contributed by atoms with E-state index >= 15 is 0 Å². The molecule has 0 spiro atoms. The SMILES string of the molecule is CN(C)c1ccc(-c2c(C(=O)c3ccc(F)cc3)c(O)c(O)n2CCCN2CCOCC2)cc1. The average Bonchev–Trinajstić information content (AvgIpc) is 3.10. The third-order valence-electron chi connectivity index (χ3n) is 6.16. The van der Waals surface area contributed by atoms with Crippen LogP contribution in [0.1, 0.15) is 22.3 Å². The Hall–Kier alpha value is -3.36. The lowest BCUT2D eigenvalue weighted by Crippen LogP contribution is -2.37. The molecule has 3 aromatic rings. The van der Waals surface area contributed by atoms with Crippen molar-refractivity contribution in [3.8, 4) is 22.9 Å². The van der Waals surface area contributed by atoms with Crippen molar-refractivity contribution >= 4 is 11.5 Å². The largest absolute Gasteiger partial charge is 0.503 e. The van der Waals surface area contributed by atoms with Gasteiger partial charge in [0.05, 0.1) is 24.5 Å². The minimum absolute atomic E-state index is 0.00748. The van der Waals surface area contributed by atoms with Crippen molar-refractivity contribution in [3.05, 3.63) is 65.5 Å². The molecular formula is C26H30FN3O4. The zero-order chi connectivity index (χ0) is 24.2. The van der Waals surface area contributed by atoms with E-state index in [4.69, 9.17) is 4.74 Å². The van der Waals surface area contributed by atoms with E-state index < -0.39 is 17.3 Å². The number of carbonyl (C=O) groups is 1. The van der Waals surface area contributed by atoms with Crippen molar-refractivity contribution in [2.75, 3.05) is 51.8 Å². The fraction of sp³-hybridized carbons (Fsp3) is 0.346. The number of anilines is 1. The van der Waals surface area contributed by atoms with Crippen molar-refractivity contribution in [1.82, 2.24) is 9.47 Å². The Morgan fingerprint density at radius 1 is 1.00 bits per heavy atom. The molecule has 180 valence electrons. The zero-order valence-corrected chi connectivity index (χ0v) is 19.5. The molecule has 7 nitrogen and oxygen atoms in total. The standard InChI is InChI=1S/C26H30FN3O4/c1-28(2)21-10-6-18(7-11-21)23-22(24(31)19-4-8-20(27)9-5-19)25(32)26(33)30(23)13-3-12-29-14-16-34-17-15-29/h4-11,32-33H,3,12-17H2,1-2H3. The number of carbonyl (C=O) groups excluding carboxylic acids is 1. The maximum atomic E-state index is 13.4. The summed E-state index contributed by atoms with van der Waals surface area (Å²) in [5.41, 5.74) is 2.35. The summed E-state index contributed by atoms with van der Waals surface area (Å²) in [6.07, 6.45) is 0.717. The molecule has 4 rings (SSSR count). The van der Waals surface area contributed by atoms with Crippen LogP contribution >= 0.6 is 0 Å². The highest BCUT2D eigenvalue weighted by molar-refractivity contribution is 6.15. The number of morpholine rings is 1. The van der Waals surface area contributed by atoms with Crippen molar-refractivity contribution in [2.45, 2.75) is 13.0 Å². The maximum absolute atomic E-state index is 13.4. The van der Waals surface area contributed by atoms with Gasteiger partial charge in [0.15, 0.2) is 11.5 Å². The van der Waals surface area contributed by atoms with Crippen LogP contribution in [0, 0.1) is 5.82 Å². The van der Waals surface area contributed by atoms with Crippen LogP contribution in [0.5, 0.6) is 11.6 Å². The molecule has 0 amide bonds. The van der Waals surface area contributed by atoms with Crippen LogP contribution in [0.2, 0.25) is 0 Å². The summed E-state index contributed by atoms with van der Waals surface area (Å²) in [5, 5.41) is 21.7. The Morgan fingerprint density at radius 2 is 1.65 bits per heavy atom. The second-order valence-electron chi connectivity index (χ2n) is 8.63. The molecule has 1 aliphatic rings. The van der Waals surface area contributed by atoms with Gasteiger partial charge < -0.3 is 24.4 Å². The summed E-state index contributed by atoms with van der Waals surface area (Å²) in [5.74, 6) is -1.75. The number of aromatic hydroxyl groups is 2. The lowest BCUT2D eigenvalue weighted by Gasteiger charge is -2.26. The number of ether oxygens (including phenoxy) is 1. The number of nitrogens with zero attached hydrogens (tertiary/aromatic N) is 3. The van der Waals surface area contributed by atoms with Gasteiger partial charge in [-0.2, -0.15) is 0 Å². The Morgan fingerprint density at radius 3 is 2.26 bits per heavy atom. The summed E-state index contributed by atoms with van der Waals surface area (Å²) in [7, 11) is 3.87. The zero-order valence-electron chi connectivity index (χ0n) is 19.5. The molecule has 0 saturated carbocycles. The molecule has 0 radical (unpaired) electrons. The van der Waals surface area contributed by atoms with Crippen LogP contribution in [0.3, 0.4) is 0 Å². The normalized spacial score (nSPS) is 14.3. The van der Waals surface area contributed by atoms with Crippen LogP contribution < -0.4 is 4.90 Å². The summed E-state index contributed by atoms with van der Waals surface area (Å²) < 4.78 is 20.4. The van der Waals surface area contributed by atoms with Crippen molar-refractivity contribution in [1.29, 1.82) is 0 Å². The number of hydrogen-bond acceptors (Lipinski definition) is 6. The molecule has 8 heteroatoms. The van der Waals surface area contributed by atoms with E-state index in [2.05, 4.69) is 4.90 Å². The summed E-state index contributed by atoms with van der Waals surface area (Å²) >= 11 is 0. The monoisotopic (exact) mass is 467 g/mol. The first-order chi connectivity index (χ1) is 16.4. The van der Waals surface area contributed by atoms with Crippen molar-refractivity contribution in [3.63, 3.8) is 0 Å². The van der Waals surface area contributed by atoms with E-state index in [-0.39, 0.29) is 17.0 Å². The molecule has 34 heavy (non-hydrogen) atoms. The molecular weight excluding hydrogens is 437 g/mol. The highest BCUT2D eigenvalue weighted by atomic mass is 19.1. The second-order valence-corrected chi connectivity index (χ2v) is 8.63. The average molecular weight is 468 g/mol. The van der Waals surface area contributed by atoms with Crippen LogP contribution in [-0.4, -0.2) is 72.4 Å². The predicted molar refractivity (Wildman–Crippen MR) is 129 cm³/mol. The van der Waals surface area contributed by atoms with Crippen molar-refractivity contribution in [2.24, 2.45) is 0 Å². The third kappa shape index (κ3) is 4.93. The Bertz CT molecular complexity index is 1130. The smallest absolute Gasteiger partial charge is 0.235 e. The van der Waals surface area contributed by atoms with Crippen LogP contribution in [0.15, 0.2) is 48.5 Å². The maximum Gasteiger partial charge on any atom is 0.235 e. The van der Waals surface area contributed by atoms with Gasteiger partial charge in [-0.1, -0.05) is 12.1 Å². The predicted octanol–water partition coefficient (Wildman–Crippen LogP) is 3.72. The highest BCUT2D eigenvalue weighted by Crippen LogP contribution is 2.42. The van der Waals surface area contributed by atoms with Crippen LogP contribution in [0.25, 0.3) is 11.3 Å². The van der Waals surface area contributed by atoms with Gasteiger partial charge in [0.2, 0.25) is 5.88 Å². The number of hydrogen-bond donors (Lipinski definition) is 2. The molecule has 1 saturated heterocycles. The quantitative estimate of drug-likeness (QED) is 0.492. The van der Waals surface area contributed by atoms with Gasteiger partial charge in [-0.3, -0.25) is 9.69 Å². The summed E-state index contributed by atoms with van der Waals surface area (Å²) in [4.78, 5) is 17.7. The molecule has 1 aromatic heterocycles. The lowest BCUT2D eigenvalue weighted by atomic mass is 9.99. The molecule has 0 bridgehead atoms. The minimum Gasteiger partial charge on any atom is -0.503 e. The Kier molecular flexibility index (Phi) is 7.19. The first kappa shape index (κ1) is 23.8. The van der Waals surface area contributed by atoms with Gasteiger partial charge in [-0.25, -0.2) is 4.39 Å². The van der Waals surface area contributed by atoms with E-state index in [1.165, 1.54) is 24.3 Å². The van der Waals surface area contributed by atoms with Gasteiger partial charge in [0, 0.05) is 51.5 Å². The number of ketones is 1. The van der Waals surface area contributed by atoms with Crippen LogP contribution in [-0.2, 0) is 11.3 Å². The molecule has 2 N–H and O–H groups in total. The molecule has 1 fully saturated rings. The summed E-state index contributed by atoms with van der Waals surface area (Å²) in [6, 6.07) is 12.7. The molecule has 0 atom stereocenters. The second kappa shape index (κ2) is 10.3. The number of aromatic nitrogens is 1. The molecule has 1 aliphatic heterocycles. The summed E-state index contributed by atoms with van der Waals surface area (Å²) in [6.45, 7) is 4.34. The first-order valence-electron chi connectivity index (χ1n) is 11.4. The molecule has 2 aromatic carbocycles. The van der Waals surface area contributed by atoms with E-state index in [0.29, 0.717) is 37.4 Å². The minimum atomic E-state index is -0.480. The Labute approximate surface area is 198 Å². The number of rotatable bonds is 8. The molecule has 0 aliphatic carbocycles.